The van der Waals surface area contributed by atoms with Crippen LogP contribution in [0.15, 0.2) is 24.8 Å². The van der Waals surface area contributed by atoms with Gasteiger partial charge < -0.3 is 9.97 Å². The number of H-pyrrole nitrogens is 2. The van der Waals surface area contributed by atoms with Crippen LogP contribution in [0.1, 0.15) is 0 Å². The normalized spacial score (nSPS) is 10.0. The molecule has 0 bridgehead atoms. The van der Waals surface area contributed by atoms with Crippen molar-refractivity contribution in [3.05, 3.63) is 34.3 Å². The van der Waals surface area contributed by atoms with E-state index in [2.05, 4.69) is 19.9 Å². The van der Waals surface area contributed by atoms with E-state index in [1.165, 1.54) is 0 Å². The van der Waals surface area contributed by atoms with Crippen molar-refractivity contribution in [3.63, 3.8) is 0 Å². The van der Waals surface area contributed by atoms with E-state index in [0.717, 1.165) is 11.1 Å². The Balaban J connectivity index is 2.49. The summed E-state index contributed by atoms with van der Waals surface area (Å²) in [5, 5.41) is 0. The lowest BCUT2D eigenvalue weighted by Gasteiger charge is -1.98. The number of hydrogen-bond donors (Lipinski definition) is 2. The molecular formula is C8H6N4S2. The number of rotatable bonds is 1. The topological polar surface area (TPSA) is 57.4 Å². The van der Waals surface area contributed by atoms with Gasteiger partial charge in [0, 0.05) is 35.9 Å². The van der Waals surface area contributed by atoms with Gasteiger partial charge in [0.25, 0.3) is 0 Å². The standard InChI is InChI=1S/C8H6N4S2/c13-7-9-1-5(2-10-7)6-3-11-8(14)12-4-6/h1-4H,(H,9,10,13)(H,11,12,14). The molecule has 0 aliphatic heterocycles. The van der Waals surface area contributed by atoms with Crippen LogP contribution in [-0.4, -0.2) is 19.9 Å². The van der Waals surface area contributed by atoms with Crippen molar-refractivity contribution in [1.29, 1.82) is 0 Å². The van der Waals surface area contributed by atoms with Gasteiger partial charge in [0.05, 0.1) is 0 Å². The molecule has 2 rings (SSSR count). The molecule has 0 spiro atoms. The molecule has 0 atom stereocenters. The minimum Gasteiger partial charge on any atom is -0.337 e. The largest absolute Gasteiger partial charge is 0.337 e. The molecule has 0 unspecified atom stereocenters. The molecule has 0 amide bonds. The first-order valence-corrected chi connectivity index (χ1v) is 4.67. The van der Waals surface area contributed by atoms with Gasteiger partial charge in [-0.1, -0.05) is 0 Å². The molecule has 70 valence electrons. The Labute approximate surface area is 90.1 Å². The summed E-state index contributed by atoms with van der Waals surface area (Å²) >= 11 is 9.67. The predicted octanol–water partition coefficient (Wildman–Crippen LogP) is 2.26. The molecular weight excluding hydrogens is 216 g/mol. The van der Waals surface area contributed by atoms with Crippen LogP contribution in [0.3, 0.4) is 0 Å². The third-order valence-electron chi connectivity index (χ3n) is 1.68. The predicted molar refractivity (Wildman–Crippen MR) is 57.8 cm³/mol. The Morgan fingerprint density at radius 3 is 1.57 bits per heavy atom. The molecule has 0 saturated heterocycles. The first kappa shape index (κ1) is 9.17. The summed E-state index contributed by atoms with van der Waals surface area (Å²) < 4.78 is 0.927. The Morgan fingerprint density at radius 2 is 1.29 bits per heavy atom. The lowest BCUT2D eigenvalue weighted by molar-refractivity contribution is 1.11. The maximum absolute atomic E-state index is 4.84. The van der Waals surface area contributed by atoms with Crippen LogP contribution in [0.2, 0.25) is 0 Å². The molecule has 2 aromatic heterocycles. The molecule has 0 aliphatic carbocycles. The SMILES string of the molecule is S=c1ncc(-c2cnc(=S)[nH]c2)c[nH]1. The fourth-order valence-corrected chi connectivity index (χ4v) is 1.22. The van der Waals surface area contributed by atoms with Crippen molar-refractivity contribution in [3.8, 4) is 11.1 Å². The van der Waals surface area contributed by atoms with Crippen molar-refractivity contribution < 1.29 is 0 Å². The zero-order chi connectivity index (χ0) is 9.97. The van der Waals surface area contributed by atoms with E-state index in [4.69, 9.17) is 24.4 Å². The van der Waals surface area contributed by atoms with E-state index in [9.17, 15) is 0 Å². The monoisotopic (exact) mass is 222 g/mol. The number of nitrogens with one attached hydrogen (secondary N) is 2. The lowest BCUT2D eigenvalue weighted by Crippen LogP contribution is -1.87. The number of nitrogens with zero attached hydrogens (tertiary/aromatic N) is 2. The maximum atomic E-state index is 4.84. The second kappa shape index (κ2) is 3.77. The van der Waals surface area contributed by atoms with Crippen molar-refractivity contribution in [2.24, 2.45) is 0 Å². The van der Waals surface area contributed by atoms with Gasteiger partial charge in [-0.05, 0) is 24.4 Å². The van der Waals surface area contributed by atoms with Crippen LogP contribution in [0.5, 0.6) is 0 Å². The molecule has 0 fully saturated rings. The smallest absolute Gasteiger partial charge is 0.196 e. The zero-order valence-corrected chi connectivity index (χ0v) is 8.65. The van der Waals surface area contributed by atoms with E-state index in [1.807, 2.05) is 0 Å². The van der Waals surface area contributed by atoms with Crippen LogP contribution < -0.4 is 0 Å². The quantitative estimate of drug-likeness (QED) is 0.727. The van der Waals surface area contributed by atoms with Gasteiger partial charge >= 0.3 is 0 Å². The highest BCUT2D eigenvalue weighted by Crippen LogP contribution is 2.13. The number of hydrogen-bond acceptors (Lipinski definition) is 4. The third kappa shape index (κ3) is 1.91. The second-order valence-electron chi connectivity index (χ2n) is 2.61. The van der Waals surface area contributed by atoms with Crippen LogP contribution in [0.4, 0.5) is 0 Å². The maximum Gasteiger partial charge on any atom is 0.196 e. The average molecular weight is 222 g/mol. The molecule has 2 aromatic rings. The fraction of sp³-hybridized carbons (Fsp3) is 0. The van der Waals surface area contributed by atoms with Crippen LogP contribution in [-0.2, 0) is 0 Å². The second-order valence-corrected chi connectivity index (χ2v) is 3.39. The van der Waals surface area contributed by atoms with Gasteiger partial charge in [-0.15, -0.1) is 0 Å². The highest BCUT2D eigenvalue weighted by Gasteiger charge is 1.96. The molecule has 2 N–H and O–H groups in total. The lowest BCUT2D eigenvalue weighted by atomic mass is 10.2. The summed E-state index contributed by atoms with van der Waals surface area (Å²) in [5.74, 6) is 0. The van der Waals surface area contributed by atoms with E-state index in [-0.39, 0.29) is 0 Å². The summed E-state index contributed by atoms with van der Waals surface area (Å²) in [5.41, 5.74) is 1.83. The summed E-state index contributed by atoms with van der Waals surface area (Å²) in [6.45, 7) is 0. The van der Waals surface area contributed by atoms with Crippen molar-refractivity contribution in [2.45, 2.75) is 0 Å². The molecule has 6 heteroatoms. The van der Waals surface area contributed by atoms with Gasteiger partial charge in [-0.25, -0.2) is 9.97 Å². The van der Waals surface area contributed by atoms with E-state index in [0.29, 0.717) is 9.54 Å². The Kier molecular flexibility index (Phi) is 2.47. The van der Waals surface area contributed by atoms with Crippen molar-refractivity contribution in [2.75, 3.05) is 0 Å². The minimum atomic E-state index is 0.463. The van der Waals surface area contributed by atoms with E-state index in [1.54, 1.807) is 24.8 Å². The molecule has 14 heavy (non-hydrogen) atoms. The van der Waals surface area contributed by atoms with E-state index < -0.39 is 0 Å². The van der Waals surface area contributed by atoms with Crippen molar-refractivity contribution >= 4 is 24.4 Å². The van der Waals surface area contributed by atoms with E-state index >= 15 is 0 Å². The fourth-order valence-electron chi connectivity index (χ4n) is 1.00. The molecule has 4 nitrogen and oxygen atoms in total. The van der Waals surface area contributed by atoms with Crippen LogP contribution in [0, 0.1) is 9.54 Å². The van der Waals surface area contributed by atoms with Gasteiger partial charge in [-0.2, -0.15) is 0 Å². The molecule has 0 aliphatic rings. The first-order valence-electron chi connectivity index (χ1n) is 3.85. The van der Waals surface area contributed by atoms with Gasteiger partial charge in [0.2, 0.25) is 0 Å². The number of aromatic nitrogens is 4. The molecule has 0 radical (unpaired) electrons. The zero-order valence-electron chi connectivity index (χ0n) is 7.02. The molecule has 0 saturated carbocycles. The highest BCUT2D eigenvalue weighted by molar-refractivity contribution is 7.71. The Hall–Kier alpha value is -1.40. The van der Waals surface area contributed by atoms with Gasteiger partial charge in [0.1, 0.15) is 0 Å². The molecule has 2 heterocycles. The van der Waals surface area contributed by atoms with Gasteiger partial charge in [0.15, 0.2) is 9.54 Å². The first-order chi connectivity index (χ1) is 6.75. The highest BCUT2D eigenvalue weighted by atomic mass is 32.1. The van der Waals surface area contributed by atoms with Crippen molar-refractivity contribution in [1.82, 2.24) is 19.9 Å². The van der Waals surface area contributed by atoms with Gasteiger partial charge in [-0.3, -0.25) is 0 Å². The Morgan fingerprint density at radius 1 is 0.857 bits per heavy atom. The van der Waals surface area contributed by atoms with Crippen LogP contribution in [0.25, 0.3) is 11.1 Å². The number of aromatic amines is 2. The summed E-state index contributed by atoms with van der Waals surface area (Å²) in [6, 6.07) is 0. The average Bonchev–Trinajstić information content (AvgIpc) is 2.21. The van der Waals surface area contributed by atoms with Crippen LogP contribution >= 0.6 is 24.4 Å². The summed E-state index contributed by atoms with van der Waals surface area (Å²) in [7, 11) is 0. The summed E-state index contributed by atoms with van der Waals surface area (Å²) in [4.78, 5) is 13.6. The summed E-state index contributed by atoms with van der Waals surface area (Å²) in [6.07, 6.45) is 6.94. The minimum absolute atomic E-state index is 0.463. The third-order valence-corrected chi connectivity index (χ3v) is 2.12. The Bertz CT molecular complexity index is 465. The molecule has 0 aromatic carbocycles.